The number of fused-ring (bicyclic) bond motifs is 3. The van der Waals surface area contributed by atoms with Crippen LogP contribution in [0.3, 0.4) is 0 Å². The molecule has 0 saturated heterocycles. The molecule has 20 heavy (non-hydrogen) atoms. The Labute approximate surface area is 122 Å². The number of rotatable bonds is 4. The zero-order valence-corrected chi connectivity index (χ0v) is 13.0. The second-order valence-corrected chi connectivity index (χ2v) is 6.94. The molecule has 0 spiro atoms. The third-order valence-corrected chi connectivity index (χ3v) is 5.30. The highest BCUT2D eigenvalue weighted by Crippen LogP contribution is 2.35. The fraction of sp³-hybridized carbons (Fsp3) is 0.667. The number of aromatic nitrogens is 3. The minimum absolute atomic E-state index is 0.0677. The zero-order valence-electron chi connectivity index (χ0n) is 12.2. The van der Waals surface area contributed by atoms with Gasteiger partial charge in [-0.2, -0.15) is 0 Å². The lowest BCUT2D eigenvalue weighted by Gasteiger charge is -2.17. The molecular formula is C15H21N3OS. The van der Waals surface area contributed by atoms with Crippen LogP contribution in [0.5, 0.6) is 0 Å². The number of unbranched alkanes of at least 4 members (excludes halogenated alkanes) is 2. The fourth-order valence-corrected chi connectivity index (χ4v) is 4.27. The maximum Gasteiger partial charge on any atom is 0.278 e. The Morgan fingerprint density at radius 3 is 3.05 bits per heavy atom. The van der Waals surface area contributed by atoms with E-state index in [-0.39, 0.29) is 5.56 Å². The smallest absolute Gasteiger partial charge is 0.267 e. The van der Waals surface area contributed by atoms with Gasteiger partial charge in [-0.15, -0.1) is 16.4 Å². The average Bonchev–Trinajstić information content (AvgIpc) is 2.79. The molecule has 2 aromatic heterocycles. The van der Waals surface area contributed by atoms with Crippen molar-refractivity contribution in [2.24, 2.45) is 5.92 Å². The number of aryl methyl sites for hydroxylation is 2. The van der Waals surface area contributed by atoms with Crippen molar-refractivity contribution < 1.29 is 0 Å². The van der Waals surface area contributed by atoms with E-state index in [1.807, 2.05) is 0 Å². The molecule has 0 radical (unpaired) electrons. The summed E-state index contributed by atoms with van der Waals surface area (Å²) < 4.78 is 1.56. The standard InChI is InChI=1S/C15H21N3OS/c1-3-4-5-8-18-15(19)13-11-7-6-10(2)9-12(11)20-14(13)16-17-18/h10H,3-9H2,1-2H3/t10-/m1/s1. The van der Waals surface area contributed by atoms with Gasteiger partial charge in [0.15, 0.2) is 4.83 Å². The van der Waals surface area contributed by atoms with Gasteiger partial charge in [-0.3, -0.25) is 4.79 Å². The van der Waals surface area contributed by atoms with Crippen LogP contribution >= 0.6 is 11.3 Å². The van der Waals surface area contributed by atoms with Crippen molar-refractivity contribution >= 4 is 21.6 Å². The largest absolute Gasteiger partial charge is 0.278 e. The SMILES string of the molecule is CCCCCn1nnc2sc3c(c2c1=O)CC[C@@H](C)C3. The second kappa shape index (κ2) is 5.64. The molecule has 0 saturated carbocycles. The molecule has 2 heterocycles. The highest BCUT2D eigenvalue weighted by atomic mass is 32.1. The van der Waals surface area contributed by atoms with Crippen molar-refractivity contribution in [3.8, 4) is 0 Å². The first kappa shape index (κ1) is 13.7. The Kier molecular flexibility index (Phi) is 3.87. The van der Waals surface area contributed by atoms with Crippen LogP contribution in [0.4, 0.5) is 0 Å². The number of thiophene rings is 1. The normalized spacial score (nSPS) is 18.4. The lowest BCUT2D eigenvalue weighted by Crippen LogP contribution is -2.25. The lowest BCUT2D eigenvalue weighted by molar-refractivity contribution is 0.503. The Bertz CT molecular complexity index is 674. The van der Waals surface area contributed by atoms with Gasteiger partial charge in [0.1, 0.15) is 0 Å². The third-order valence-electron chi connectivity index (χ3n) is 4.16. The first-order valence-electron chi connectivity index (χ1n) is 7.58. The van der Waals surface area contributed by atoms with Crippen molar-refractivity contribution in [2.75, 3.05) is 0 Å². The van der Waals surface area contributed by atoms with Crippen molar-refractivity contribution in [1.82, 2.24) is 15.0 Å². The van der Waals surface area contributed by atoms with Gasteiger partial charge in [-0.25, -0.2) is 4.68 Å². The van der Waals surface area contributed by atoms with Crippen molar-refractivity contribution in [3.05, 3.63) is 20.8 Å². The maximum atomic E-state index is 12.6. The van der Waals surface area contributed by atoms with Crippen LogP contribution in [0.2, 0.25) is 0 Å². The monoisotopic (exact) mass is 291 g/mol. The molecule has 0 amide bonds. The van der Waals surface area contributed by atoms with Gasteiger partial charge in [0, 0.05) is 11.4 Å². The summed E-state index contributed by atoms with van der Waals surface area (Å²) in [4.78, 5) is 14.8. The van der Waals surface area contributed by atoms with Gasteiger partial charge in [-0.1, -0.05) is 31.9 Å². The van der Waals surface area contributed by atoms with E-state index >= 15 is 0 Å². The molecule has 1 atom stereocenters. The van der Waals surface area contributed by atoms with Crippen LogP contribution in [0.25, 0.3) is 10.2 Å². The second-order valence-electron chi connectivity index (χ2n) is 5.86. The molecule has 0 unspecified atom stereocenters. The fourth-order valence-electron chi connectivity index (χ4n) is 2.95. The summed E-state index contributed by atoms with van der Waals surface area (Å²) in [5.74, 6) is 0.718. The average molecular weight is 291 g/mol. The van der Waals surface area contributed by atoms with Gasteiger partial charge < -0.3 is 0 Å². The van der Waals surface area contributed by atoms with Crippen molar-refractivity contribution in [2.45, 2.75) is 58.9 Å². The molecule has 1 aliphatic carbocycles. The number of nitrogens with zero attached hydrogens (tertiary/aromatic N) is 3. The molecule has 3 rings (SSSR count). The summed E-state index contributed by atoms with van der Waals surface area (Å²) in [5, 5.41) is 9.24. The summed E-state index contributed by atoms with van der Waals surface area (Å²) in [6.07, 6.45) is 6.57. The molecule has 0 fully saturated rings. The molecule has 0 aromatic carbocycles. The Balaban J connectivity index is 2.01. The van der Waals surface area contributed by atoms with E-state index in [1.165, 1.54) is 16.9 Å². The highest BCUT2D eigenvalue weighted by Gasteiger charge is 2.23. The maximum absolute atomic E-state index is 12.6. The summed E-state index contributed by atoms with van der Waals surface area (Å²) >= 11 is 1.67. The van der Waals surface area contributed by atoms with Crippen molar-refractivity contribution in [3.63, 3.8) is 0 Å². The molecule has 108 valence electrons. The van der Waals surface area contributed by atoms with Gasteiger partial charge in [-0.05, 0) is 37.2 Å². The van der Waals surface area contributed by atoms with Crippen LogP contribution in [0, 0.1) is 5.92 Å². The summed E-state index contributed by atoms with van der Waals surface area (Å²) in [5.41, 5.74) is 1.32. The van der Waals surface area contributed by atoms with E-state index in [1.54, 1.807) is 16.0 Å². The quantitative estimate of drug-likeness (QED) is 0.813. The first-order valence-corrected chi connectivity index (χ1v) is 8.40. The van der Waals surface area contributed by atoms with Crippen LogP contribution in [-0.4, -0.2) is 15.0 Å². The van der Waals surface area contributed by atoms with E-state index in [0.29, 0.717) is 6.54 Å². The highest BCUT2D eigenvalue weighted by molar-refractivity contribution is 7.18. The molecule has 2 aromatic rings. The van der Waals surface area contributed by atoms with Crippen LogP contribution < -0.4 is 5.56 Å². The van der Waals surface area contributed by atoms with Gasteiger partial charge >= 0.3 is 0 Å². The van der Waals surface area contributed by atoms with E-state index in [2.05, 4.69) is 24.2 Å². The van der Waals surface area contributed by atoms with Gasteiger partial charge in [0.05, 0.1) is 5.39 Å². The Morgan fingerprint density at radius 1 is 1.40 bits per heavy atom. The predicted octanol–water partition coefficient (Wildman–Crippen LogP) is 3.17. The molecule has 0 aliphatic heterocycles. The molecular weight excluding hydrogens is 270 g/mol. The van der Waals surface area contributed by atoms with Crippen LogP contribution in [0.1, 0.15) is 50.0 Å². The van der Waals surface area contributed by atoms with Gasteiger partial charge in [0.2, 0.25) is 0 Å². The minimum Gasteiger partial charge on any atom is -0.267 e. The number of hydrogen-bond acceptors (Lipinski definition) is 4. The van der Waals surface area contributed by atoms with Crippen LogP contribution in [0.15, 0.2) is 4.79 Å². The zero-order chi connectivity index (χ0) is 14.1. The first-order chi connectivity index (χ1) is 9.70. The van der Waals surface area contributed by atoms with Crippen LogP contribution in [-0.2, 0) is 19.4 Å². The summed E-state index contributed by atoms with van der Waals surface area (Å²) in [7, 11) is 0. The molecule has 5 heteroatoms. The van der Waals surface area contributed by atoms with Gasteiger partial charge in [0.25, 0.3) is 5.56 Å². The topological polar surface area (TPSA) is 47.8 Å². The van der Waals surface area contributed by atoms with Crippen molar-refractivity contribution in [1.29, 1.82) is 0 Å². The molecule has 4 nitrogen and oxygen atoms in total. The van der Waals surface area contributed by atoms with E-state index < -0.39 is 0 Å². The predicted molar refractivity (Wildman–Crippen MR) is 82.4 cm³/mol. The molecule has 1 aliphatic rings. The lowest BCUT2D eigenvalue weighted by atomic mass is 9.89. The summed E-state index contributed by atoms with van der Waals surface area (Å²) in [6, 6.07) is 0. The molecule has 0 bridgehead atoms. The third kappa shape index (κ3) is 2.39. The Hall–Kier alpha value is -1.23. The number of hydrogen-bond donors (Lipinski definition) is 0. The Morgan fingerprint density at radius 2 is 2.25 bits per heavy atom. The summed E-state index contributed by atoms with van der Waals surface area (Å²) in [6.45, 7) is 5.13. The van der Waals surface area contributed by atoms with E-state index in [0.717, 1.165) is 48.2 Å². The van der Waals surface area contributed by atoms with E-state index in [4.69, 9.17) is 0 Å². The molecule has 0 N–H and O–H groups in total. The minimum atomic E-state index is 0.0677. The van der Waals surface area contributed by atoms with E-state index in [9.17, 15) is 4.79 Å².